The van der Waals surface area contributed by atoms with Gasteiger partial charge in [0.25, 0.3) is 5.91 Å². The van der Waals surface area contributed by atoms with Crippen LogP contribution in [0.4, 0.5) is 5.88 Å². The van der Waals surface area contributed by atoms with Crippen molar-refractivity contribution in [1.82, 2.24) is 15.0 Å². The van der Waals surface area contributed by atoms with Crippen LogP contribution in [-0.2, 0) is 9.59 Å². The van der Waals surface area contributed by atoms with E-state index in [4.69, 9.17) is 14.0 Å². The number of aryl methyl sites for hydroxylation is 1. The largest absolute Gasteiger partial charge is 0.485 e. The highest BCUT2D eigenvalue weighted by Crippen LogP contribution is 2.31. The number of amides is 2. The highest BCUT2D eigenvalue weighted by Gasteiger charge is 2.33. The minimum atomic E-state index is -0.654. The molecule has 0 bridgehead atoms. The van der Waals surface area contributed by atoms with Gasteiger partial charge in [-0.05, 0) is 19.1 Å². The van der Waals surface area contributed by atoms with Crippen LogP contribution < -0.4 is 14.8 Å². The van der Waals surface area contributed by atoms with Gasteiger partial charge in [0, 0.05) is 37.8 Å². The van der Waals surface area contributed by atoms with Gasteiger partial charge in [0.15, 0.2) is 11.5 Å². The topological polar surface area (TPSA) is 97.1 Å². The number of hydrogen-bond acceptors (Lipinski definition) is 7. The lowest BCUT2D eigenvalue weighted by molar-refractivity contribution is -0.143. The first-order valence-corrected chi connectivity index (χ1v) is 11.3. The molecule has 9 nitrogen and oxygen atoms in total. The Balaban J connectivity index is 1.09. The molecule has 2 aliphatic rings. The fourth-order valence-electron chi connectivity index (χ4n) is 4.05. The number of nitrogens with zero attached hydrogens (tertiary/aromatic N) is 3. The number of nitrogens with one attached hydrogen (secondary N) is 1. The van der Waals surface area contributed by atoms with Crippen molar-refractivity contribution in [3.8, 4) is 22.8 Å². The van der Waals surface area contributed by atoms with Gasteiger partial charge in [-0.2, -0.15) is 0 Å². The van der Waals surface area contributed by atoms with Gasteiger partial charge in [-0.25, -0.2) is 0 Å². The van der Waals surface area contributed by atoms with Gasteiger partial charge in [-0.1, -0.05) is 47.1 Å². The normalized spacial score (nSPS) is 17.9. The summed E-state index contributed by atoms with van der Waals surface area (Å²) in [6.45, 7) is 4.65. The second kappa shape index (κ2) is 9.56. The number of hydrogen-bond donors (Lipinski definition) is 1. The van der Waals surface area contributed by atoms with Crippen LogP contribution in [0.2, 0.25) is 0 Å². The zero-order valence-corrected chi connectivity index (χ0v) is 18.9. The van der Waals surface area contributed by atoms with Gasteiger partial charge in [0.05, 0.1) is 6.54 Å². The summed E-state index contributed by atoms with van der Waals surface area (Å²) in [6.07, 6.45) is -0.654. The average molecular weight is 463 g/mol. The van der Waals surface area contributed by atoms with E-state index in [9.17, 15) is 9.59 Å². The molecule has 0 saturated carbocycles. The lowest BCUT2D eigenvalue weighted by Gasteiger charge is -2.36. The van der Waals surface area contributed by atoms with Gasteiger partial charge >= 0.3 is 0 Å². The Morgan fingerprint density at radius 2 is 1.76 bits per heavy atom. The minimum Gasteiger partial charge on any atom is -0.485 e. The van der Waals surface area contributed by atoms with Gasteiger partial charge < -0.3 is 18.9 Å². The highest BCUT2D eigenvalue weighted by molar-refractivity contribution is 5.91. The number of carbonyl (C=O) groups is 2. The number of anilines is 1. The van der Waals surface area contributed by atoms with E-state index in [2.05, 4.69) is 10.5 Å². The summed E-state index contributed by atoms with van der Waals surface area (Å²) in [5.41, 5.74) is 2.75. The molecule has 0 aliphatic carbocycles. The summed E-state index contributed by atoms with van der Waals surface area (Å²) in [7, 11) is 0. The molecular weight excluding hydrogens is 436 g/mol. The maximum Gasteiger partial charge on any atom is 0.267 e. The molecule has 0 radical (unpaired) electrons. The van der Waals surface area contributed by atoms with Crippen molar-refractivity contribution in [1.29, 1.82) is 0 Å². The molecule has 0 spiro atoms. The lowest BCUT2D eigenvalue weighted by atomic mass is 10.1. The van der Waals surface area contributed by atoms with E-state index in [1.165, 1.54) is 0 Å². The lowest BCUT2D eigenvalue weighted by Crippen LogP contribution is -2.54. The maximum absolute atomic E-state index is 12.9. The van der Waals surface area contributed by atoms with E-state index in [1.807, 2.05) is 54.3 Å². The van der Waals surface area contributed by atoms with Gasteiger partial charge in [0.2, 0.25) is 17.9 Å². The number of fused-ring (bicyclic) bond motifs is 1. The Labute approximate surface area is 197 Å². The molecular formula is C25H26N4O5. The molecule has 2 amide bonds. The third-order valence-electron chi connectivity index (χ3n) is 5.96. The van der Waals surface area contributed by atoms with Crippen molar-refractivity contribution in [2.45, 2.75) is 13.0 Å². The molecule has 1 saturated heterocycles. The van der Waals surface area contributed by atoms with Crippen LogP contribution >= 0.6 is 0 Å². The Bertz CT molecular complexity index is 1170. The molecule has 2 aliphatic heterocycles. The Morgan fingerprint density at radius 3 is 2.53 bits per heavy atom. The van der Waals surface area contributed by atoms with Crippen molar-refractivity contribution in [2.24, 2.45) is 0 Å². The van der Waals surface area contributed by atoms with Gasteiger partial charge in [0.1, 0.15) is 12.3 Å². The zero-order chi connectivity index (χ0) is 23.5. The molecule has 0 unspecified atom stereocenters. The van der Waals surface area contributed by atoms with Crippen LogP contribution in [0.3, 0.4) is 0 Å². The molecule has 9 heteroatoms. The summed E-state index contributed by atoms with van der Waals surface area (Å²) in [4.78, 5) is 29.1. The maximum atomic E-state index is 12.9. The number of piperazine rings is 1. The fraction of sp³-hybridized carbons (Fsp3) is 0.320. The summed E-state index contributed by atoms with van der Waals surface area (Å²) in [6, 6.07) is 17.0. The minimum absolute atomic E-state index is 0.0936. The van der Waals surface area contributed by atoms with E-state index >= 15 is 0 Å². The first-order valence-electron chi connectivity index (χ1n) is 11.3. The van der Waals surface area contributed by atoms with Gasteiger partial charge in [-0.15, -0.1) is 0 Å². The third-order valence-corrected chi connectivity index (χ3v) is 5.96. The smallest absolute Gasteiger partial charge is 0.267 e. The third kappa shape index (κ3) is 4.89. The Kier molecular flexibility index (Phi) is 6.18. The zero-order valence-electron chi connectivity index (χ0n) is 18.9. The second-order valence-corrected chi connectivity index (χ2v) is 8.46. The average Bonchev–Trinajstić information content (AvgIpc) is 3.32. The van der Waals surface area contributed by atoms with Crippen LogP contribution in [0.15, 0.2) is 59.1 Å². The number of carbonyl (C=O) groups excluding carboxylic acids is 2. The first-order chi connectivity index (χ1) is 16.5. The van der Waals surface area contributed by atoms with Crippen molar-refractivity contribution >= 4 is 17.7 Å². The van der Waals surface area contributed by atoms with Crippen LogP contribution in [-0.4, -0.2) is 72.2 Å². The van der Waals surface area contributed by atoms with Crippen LogP contribution in [0.1, 0.15) is 5.56 Å². The molecule has 1 atom stereocenters. The molecule has 3 heterocycles. The van der Waals surface area contributed by atoms with E-state index < -0.39 is 6.10 Å². The van der Waals surface area contributed by atoms with Crippen LogP contribution in [0, 0.1) is 6.92 Å². The van der Waals surface area contributed by atoms with Crippen molar-refractivity contribution in [3.63, 3.8) is 0 Å². The number of aromatic nitrogens is 1. The number of para-hydroxylation sites is 2. The molecule has 1 N–H and O–H groups in total. The van der Waals surface area contributed by atoms with Crippen molar-refractivity contribution in [3.05, 3.63) is 60.2 Å². The predicted octanol–water partition coefficient (Wildman–Crippen LogP) is 2.57. The summed E-state index contributed by atoms with van der Waals surface area (Å²) in [5, 5.41) is 6.79. The standard InChI is InChI=1S/C25H26N4O5/c1-17-6-8-18(9-7-17)19-14-24(34-27-19)26-23(30)15-28-10-12-29(13-11-28)25(31)22-16-32-20-4-2-3-5-21(20)33-22/h2-9,14,22H,10-13,15-16H2,1H3,(H,26,30)/t22-/m0/s1. The number of ether oxygens (including phenoxy) is 2. The van der Waals surface area contributed by atoms with Crippen molar-refractivity contribution in [2.75, 3.05) is 44.6 Å². The Morgan fingerprint density at radius 1 is 1.03 bits per heavy atom. The molecule has 3 aromatic rings. The van der Waals surface area contributed by atoms with E-state index in [-0.39, 0.29) is 25.0 Å². The molecule has 1 aromatic heterocycles. The first kappa shape index (κ1) is 22.0. The summed E-state index contributed by atoms with van der Waals surface area (Å²) >= 11 is 0. The van der Waals surface area contributed by atoms with E-state index in [1.54, 1.807) is 17.0 Å². The molecule has 1 fully saturated rings. The van der Waals surface area contributed by atoms with E-state index in [0.29, 0.717) is 49.3 Å². The number of rotatable bonds is 5. The van der Waals surface area contributed by atoms with Crippen LogP contribution in [0.5, 0.6) is 11.5 Å². The number of benzene rings is 2. The van der Waals surface area contributed by atoms with Crippen molar-refractivity contribution < 1.29 is 23.6 Å². The SMILES string of the molecule is Cc1ccc(-c2cc(NC(=O)CN3CCN(C(=O)[C@@H]4COc5ccccc5O4)CC3)on2)cc1. The quantitative estimate of drug-likeness (QED) is 0.622. The Hall–Kier alpha value is -3.85. The molecule has 176 valence electrons. The van der Waals surface area contributed by atoms with Crippen LogP contribution in [0.25, 0.3) is 11.3 Å². The monoisotopic (exact) mass is 462 g/mol. The summed E-state index contributed by atoms with van der Waals surface area (Å²) in [5.74, 6) is 1.26. The predicted molar refractivity (Wildman–Crippen MR) is 125 cm³/mol. The second-order valence-electron chi connectivity index (χ2n) is 8.46. The molecule has 34 heavy (non-hydrogen) atoms. The fourth-order valence-corrected chi connectivity index (χ4v) is 4.05. The highest BCUT2D eigenvalue weighted by atomic mass is 16.6. The van der Waals surface area contributed by atoms with E-state index in [0.717, 1.165) is 11.1 Å². The molecule has 2 aromatic carbocycles. The van der Waals surface area contributed by atoms with Gasteiger partial charge in [-0.3, -0.25) is 19.8 Å². The molecule has 5 rings (SSSR count). The summed E-state index contributed by atoms with van der Waals surface area (Å²) < 4.78 is 16.8.